The third-order valence-corrected chi connectivity index (χ3v) is 3.27. The first-order valence-corrected chi connectivity index (χ1v) is 7.16. The summed E-state index contributed by atoms with van der Waals surface area (Å²) in [6.45, 7) is 0.504. The SMILES string of the molecule is CNc1ncc(Br)cc1C(=O)Nc1cccc(COC)c1. The van der Waals surface area contributed by atoms with Crippen LogP contribution < -0.4 is 10.6 Å². The lowest BCUT2D eigenvalue weighted by atomic mass is 10.2. The average molecular weight is 350 g/mol. The summed E-state index contributed by atoms with van der Waals surface area (Å²) in [4.78, 5) is 16.5. The largest absolute Gasteiger partial charge is 0.380 e. The van der Waals surface area contributed by atoms with Gasteiger partial charge >= 0.3 is 0 Å². The number of pyridine rings is 1. The predicted molar refractivity (Wildman–Crippen MR) is 86.6 cm³/mol. The summed E-state index contributed by atoms with van der Waals surface area (Å²) in [5.74, 6) is 0.312. The van der Waals surface area contributed by atoms with E-state index in [1.54, 1.807) is 26.4 Å². The second-order valence-corrected chi connectivity index (χ2v) is 5.30. The number of benzene rings is 1. The molecule has 21 heavy (non-hydrogen) atoms. The van der Waals surface area contributed by atoms with Gasteiger partial charge in [-0.15, -0.1) is 0 Å². The van der Waals surface area contributed by atoms with Gasteiger partial charge in [-0.25, -0.2) is 4.98 Å². The Balaban J connectivity index is 2.21. The van der Waals surface area contributed by atoms with Crippen molar-refractivity contribution < 1.29 is 9.53 Å². The summed E-state index contributed by atoms with van der Waals surface area (Å²) in [7, 11) is 3.36. The lowest BCUT2D eigenvalue weighted by Gasteiger charge is -2.10. The zero-order valence-electron chi connectivity index (χ0n) is 11.8. The van der Waals surface area contributed by atoms with Crippen molar-refractivity contribution in [2.75, 3.05) is 24.8 Å². The molecule has 1 aromatic carbocycles. The molecule has 0 saturated carbocycles. The van der Waals surface area contributed by atoms with E-state index in [4.69, 9.17) is 4.74 Å². The van der Waals surface area contributed by atoms with Crippen LogP contribution >= 0.6 is 15.9 Å². The Hall–Kier alpha value is -1.92. The van der Waals surface area contributed by atoms with Crippen LogP contribution in [-0.2, 0) is 11.3 Å². The first-order valence-electron chi connectivity index (χ1n) is 6.36. The Morgan fingerprint density at radius 1 is 1.38 bits per heavy atom. The van der Waals surface area contributed by atoms with E-state index in [1.165, 1.54) is 0 Å². The van der Waals surface area contributed by atoms with Gasteiger partial charge in [-0.2, -0.15) is 0 Å². The molecule has 0 saturated heterocycles. The molecule has 5 nitrogen and oxygen atoms in total. The summed E-state index contributed by atoms with van der Waals surface area (Å²) in [5, 5.41) is 5.77. The molecule has 1 aromatic heterocycles. The van der Waals surface area contributed by atoms with E-state index in [-0.39, 0.29) is 5.91 Å². The molecule has 2 aromatic rings. The van der Waals surface area contributed by atoms with Crippen molar-refractivity contribution in [3.05, 3.63) is 52.1 Å². The van der Waals surface area contributed by atoms with Crippen molar-refractivity contribution in [1.82, 2.24) is 4.98 Å². The highest BCUT2D eigenvalue weighted by Gasteiger charge is 2.13. The summed E-state index contributed by atoms with van der Waals surface area (Å²) >= 11 is 3.32. The number of anilines is 2. The average Bonchev–Trinajstić information content (AvgIpc) is 2.48. The van der Waals surface area contributed by atoms with Gasteiger partial charge in [0.1, 0.15) is 5.82 Å². The predicted octanol–water partition coefficient (Wildman–Crippen LogP) is 3.28. The van der Waals surface area contributed by atoms with Crippen molar-refractivity contribution >= 4 is 33.3 Å². The maximum Gasteiger partial charge on any atom is 0.259 e. The van der Waals surface area contributed by atoms with Gasteiger partial charge < -0.3 is 15.4 Å². The maximum absolute atomic E-state index is 12.4. The minimum atomic E-state index is -0.220. The minimum Gasteiger partial charge on any atom is -0.380 e. The van der Waals surface area contributed by atoms with Crippen molar-refractivity contribution in [2.24, 2.45) is 0 Å². The molecule has 0 aliphatic heterocycles. The summed E-state index contributed by atoms with van der Waals surface area (Å²) in [6, 6.07) is 9.27. The van der Waals surface area contributed by atoms with E-state index < -0.39 is 0 Å². The van der Waals surface area contributed by atoms with Crippen LogP contribution in [0.1, 0.15) is 15.9 Å². The highest BCUT2D eigenvalue weighted by Crippen LogP contribution is 2.20. The van der Waals surface area contributed by atoms with Crippen molar-refractivity contribution in [1.29, 1.82) is 0 Å². The monoisotopic (exact) mass is 349 g/mol. The molecule has 0 aliphatic carbocycles. The molecule has 0 spiro atoms. The Kier molecular flexibility index (Phi) is 5.30. The van der Waals surface area contributed by atoms with Gasteiger partial charge in [-0.05, 0) is 39.7 Å². The van der Waals surface area contributed by atoms with Crippen LogP contribution in [0.5, 0.6) is 0 Å². The lowest BCUT2D eigenvalue weighted by molar-refractivity contribution is 0.102. The number of carbonyl (C=O) groups is 1. The van der Waals surface area contributed by atoms with Crippen LogP contribution in [0.25, 0.3) is 0 Å². The molecule has 2 N–H and O–H groups in total. The Morgan fingerprint density at radius 3 is 2.90 bits per heavy atom. The van der Waals surface area contributed by atoms with Gasteiger partial charge in [-0.1, -0.05) is 12.1 Å². The fourth-order valence-electron chi connectivity index (χ4n) is 1.92. The highest BCUT2D eigenvalue weighted by atomic mass is 79.9. The fourth-order valence-corrected chi connectivity index (χ4v) is 2.25. The Labute approximate surface area is 131 Å². The number of hydrogen-bond donors (Lipinski definition) is 2. The smallest absolute Gasteiger partial charge is 0.259 e. The molecule has 1 amide bonds. The van der Waals surface area contributed by atoms with Crippen molar-refractivity contribution in [3.8, 4) is 0 Å². The molecule has 0 fully saturated rings. The summed E-state index contributed by atoms with van der Waals surface area (Å²) < 4.78 is 5.84. The molecule has 1 heterocycles. The number of aromatic nitrogens is 1. The number of methoxy groups -OCH3 is 1. The third-order valence-electron chi connectivity index (χ3n) is 2.83. The van der Waals surface area contributed by atoms with Gasteiger partial charge in [0.15, 0.2) is 0 Å². The van der Waals surface area contributed by atoms with Crippen LogP contribution in [-0.4, -0.2) is 25.0 Å². The van der Waals surface area contributed by atoms with Gasteiger partial charge in [0.25, 0.3) is 5.91 Å². The molecular formula is C15H16BrN3O2. The molecule has 110 valence electrons. The van der Waals surface area contributed by atoms with E-state index in [9.17, 15) is 4.79 Å². The molecule has 2 rings (SSSR count). The number of ether oxygens (including phenoxy) is 1. The Bertz CT molecular complexity index is 647. The van der Waals surface area contributed by atoms with Crippen LogP contribution in [0.3, 0.4) is 0 Å². The summed E-state index contributed by atoms with van der Waals surface area (Å²) in [5.41, 5.74) is 2.19. The third kappa shape index (κ3) is 4.03. The second-order valence-electron chi connectivity index (χ2n) is 4.39. The van der Waals surface area contributed by atoms with Crippen LogP contribution in [0.2, 0.25) is 0 Å². The van der Waals surface area contributed by atoms with Crippen molar-refractivity contribution in [2.45, 2.75) is 6.61 Å². The number of nitrogens with one attached hydrogen (secondary N) is 2. The quantitative estimate of drug-likeness (QED) is 0.869. The number of rotatable bonds is 5. The van der Waals surface area contributed by atoms with Crippen LogP contribution in [0.4, 0.5) is 11.5 Å². The normalized spacial score (nSPS) is 10.2. The zero-order chi connectivity index (χ0) is 15.2. The number of nitrogens with zero attached hydrogens (tertiary/aromatic N) is 1. The maximum atomic E-state index is 12.4. The van der Waals surface area contributed by atoms with Gasteiger partial charge in [-0.3, -0.25) is 4.79 Å². The fraction of sp³-hybridized carbons (Fsp3) is 0.200. The Morgan fingerprint density at radius 2 is 2.19 bits per heavy atom. The van der Waals surface area contributed by atoms with Crippen LogP contribution in [0.15, 0.2) is 41.0 Å². The standard InChI is InChI=1S/C15H16BrN3O2/c1-17-14-13(7-11(16)8-18-14)15(20)19-12-5-3-4-10(6-12)9-21-2/h3-8H,9H2,1-2H3,(H,17,18)(H,19,20). The zero-order valence-corrected chi connectivity index (χ0v) is 13.4. The van der Waals surface area contributed by atoms with E-state index in [1.807, 2.05) is 24.3 Å². The minimum absolute atomic E-state index is 0.220. The van der Waals surface area contributed by atoms with Gasteiger partial charge in [0.2, 0.25) is 0 Å². The first kappa shape index (κ1) is 15.5. The van der Waals surface area contributed by atoms with Gasteiger partial charge in [0, 0.05) is 30.5 Å². The molecule has 0 aliphatic rings. The van der Waals surface area contributed by atoms with Crippen LogP contribution in [0, 0.1) is 0 Å². The van der Waals surface area contributed by atoms with E-state index >= 15 is 0 Å². The van der Waals surface area contributed by atoms with E-state index in [0.29, 0.717) is 18.0 Å². The number of amides is 1. The van der Waals surface area contributed by atoms with E-state index in [0.717, 1.165) is 15.7 Å². The molecule has 0 unspecified atom stereocenters. The lowest BCUT2D eigenvalue weighted by Crippen LogP contribution is -2.15. The molecule has 0 atom stereocenters. The van der Waals surface area contributed by atoms with Gasteiger partial charge in [0.05, 0.1) is 12.2 Å². The molecule has 0 bridgehead atoms. The van der Waals surface area contributed by atoms with E-state index in [2.05, 4.69) is 31.5 Å². The topological polar surface area (TPSA) is 63.2 Å². The highest BCUT2D eigenvalue weighted by molar-refractivity contribution is 9.10. The number of halogens is 1. The molecule has 6 heteroatoms. The van der Waals surface area contributed by atoms with Crippen molar-refractivity contribution in [3.63, 3.8) is 0 Å². The summed E-state index contributed by atoms with van der Waals surface area (Å²) in [6.07, 6.45) is 1.64. The number of carbonyl (C=O) groups excluding carboxylic acids is 1. The first-order chi connectivity index (χ1) is 10.1. The second kappa shape index (κ2) is 7.19. The molecular weight excluding hydrogens is 334 g/mol. The number of hydrogen-bond acceptors (Lipinski definition) is 4. The molecule has 0 radical (unpaired) electrons.